The van der Waals surface area contributed by atoms with Gasteiger partial charge in [0.2, 0.25) is 0 Å². The Morgan fingerprint density at radius 2 is 1.67 bits per heavy atom. The molecule has 0 spiro atoms. The zero-order valence-electron chi connectivity index (χ0n) is 20.6. The van der Waals surface area contributed by atoms with Crippen LogP contribution in [0.4, 0.5) is 9.59 Å². The van der Waals surface area contributed by atoms with Gasteiger partial charge in [0.25, 0.3) is 0 Å². The summed E-state index contributed by atoms with van der Waals surface area (Å²) in [6.07, 6.45) is 2.47. The van der Waals surface area contributed by atoms with Crippen molar-refractivity contribution in [1.29, 1.82) is 0 Å². The summed E-state index contributed by atoms with van der Waals surface area (Å²) in [4.78, 5) is 54.3. The topological polar surface area (TPSA) is 117 Å². The molecule has 2 N–H and O–H groups in total. The highest BCUT2D eigenvalue weighted by atomic mass is 16.6. The molecular formula is C23H38N4O6. The van der Waals surface area contributed by atoms with E-state index in [4.69, 9.17) is 9.47 Å². The molecular weight excluding hydrogens is 428 g/mol. The van der Waals surface area contributed by atoms with Crippen LogP contribution in [-0.2, 0) is 19.1 Å². The predicted octanol–water partition coefficient (Wildman–Crippen LogP) is 1.35. The van der Waals surface area contributed by atoms with Crippen molar-refractivity contribution in [2.75, 3.05) is 46.4 Å². The fourth-order valence-corrected chi connectivity index (χ4v) is 4.36. The number of Topliss-reactive ketones (excluding diaryl/α,β-unsaturated/α-hetero) is 2. The summed E-state index contributed by atoms with van der Waals surface area (Å²) < 4.78 is 10.5. The van der Waals surface area contributed by atoms with E-state index in [0.717, 1.165) is 0 Å². The van der Waals surface area contributed by atoms with Gasteiger partial charge < -0.3 is 24.6 Å². The van der Waals surface area contributed by atoms with E-state index >= 15 is 0 Å². The summed E-state index contributed by atoms with van der Waals surface area (Å²) in [5.41, 5.74) is -2.10. The van der Waals surface area contributed by atoms with E-state index in [-0.39, 0.29) is 56.4 Å². The maximum Gasteiger partial charge on any atom is 0.410 e. The molecule has 2 rings (SSSR count). The van der Waals surface area contributed by atoms with Crippen molar-refractivity contribution in [3.8, 4) is 0 Å². The Labute approximate surface area is 196 Å². The number of fused-ring (bicyclic) bond motifs is 2. The fraction of sp³-hybridized carbons (Fsp3) is 0.739. The van der Waals surface area contributed by atoms with Gasteiger partial charge in [0, 0.05) is 38.6 Å². The summed E-state index contributed by atoms with van der Waals surface area (Å²) in [5, 5.41) is 6.45. The van der Waals surface area contributed by atoms with Gasteiger partial charge in [-0.3, -0.25) is 14.9 Å². The second kappa shape index (κ2) is 11.1. The van der Waals surface area contributed by atoms with Crippen molar-refractivity contribution in [3.05, 3.63) is 12.2 Å². The molecule has 0 aliphatic carbocycles. The molecule has 0 aromatic heterocycles. The van der Waals surface area contributed by atoms with E-state index in [2.05, 4.69) is 10.6 Å². The van der Waals surface area contributed by atoms with Crippen LogP contribution in [0.1, 0.15) is 41.0 Å². The maximum atomic E-state index is 13.4. The van der Waals surface area contributed by atoms with Gasteiger partial charge in [-0.2, -0.15) is 0 Å². The lowest BCUT2D eigenvalue weighted by Crippen LogP contribution is -2.64. The molecule has 1 fully saturated rings. The average Bonchev–Trinajstić information content (AvgIpc) is 3.17. The first-order valence-corrected chi connectivity index (χ1v) is 11.4. The van der Waals surface area contributed by atoms with Crippen LogP contribution in [-0.4, -0.2) is 97.1 Å². The number of rotatable bonds is 4. The summed E-state index contributed by atoms with van der Waals surface area (Å²) in [6.45, 7) is 9.71. The SMILES string of the molecule is CC(C)N[C@]1(C)CN(C)C(=O)OCC=CCOC(=O)N2CC[C@](C(=O)C(C)C)(C2)NCC1=O. The number of nitrogens with zero attached hydrogens (tertiary/aromatic N) is 2. The van der Waals surface area contributed by atoms with Crippen LogP contribution >= 0.6 is 0 Å². The minimum absolute atomic E-state index is 0.0142. The summed E-state index contributed by atoms with van der Waals surface area (Å²) >= 11 is 0. The van der Waals surface area contributed by atoms with Crippen LogP contribution in [0.3, 0.4) is 0 Å². The van der Waals surface area contributed by atoms with E-state index in [1.54, 1.807) is 40.0 Å². The van der Waals surface area contributed by atoms with E-state index in [1.807, 2.05) is 13.8 Å². The number of hydrogen-bond donors (Lipinski definition) is 2. The number of nitrogens with one attached hydrogen (secondary N) is 2. The third-order valence-electron chi connectivity index (χ3n) is 5.97. The van der Waals surface area contributed by atoms with Crippen LogP contribution in [0.5, 0.6) is 0 Å². The Morgan fingerprint density at radius 3 is 2.24 bits per heavy atom. The molecule has 10 nitrogen and oxygen atoms in total. The highest BCUT2D eigenvalue weighted by Gasteiger charge is 2.48. The quantitative estimate of drug-likeness (QED) is 0.596. The maximum absolute atomic E-state index is 13.4. The molecule has 0 saturated carbocycles. The number of ether oxygens (including phenoxy) is 2. The average molecular weight is 467 g/mol. The Balaban J connectivity index is 2.35. The molecule has 2 amide bonds. The number of amides is 2. The van der Waals surface area contributed by atoms with Gasteiger partial charge in [-0.25, -0.2) is 9.59 Å². The van der Waals surface area contributed by atoms with Gasteiger partial charge in [-0.15, -0.1) is 0 Å². The van der Waals surface area contributed by atoms with Gasteiger partial charge in [-0.05, 0) is 39.3 Å². The minimum atomic E-state index is -1.07. The number of likely N-dealkylation sites (N-methyl/N-ethyl adjacent to an activating group) is 1. The molecule has 2 heterocycles. The van der Waals surface area contributed by atoms with Crippen LogP contribution in [0.15, 0.2) is 12.2 Å². The lowest BCUT2D eigenvalue weighted by Gasteiger charge is -2.37. The lowest BCUT2D eigenvalue weighted by atomic mass is 9.85. The van der Waals surface area contributed by atoms with Crippen molar-refractivity contribution >= 4 is 23.8 Å². The molecule has 2 aliphatic heterocycles. The van der Waals surface area contributed by atoms with Crippen molar-refractivity contribution in [2.24, 2.45) is 5.92 Å². The largest absolute Gasteiger partial charge is 0.445 e. The predicted molar refractivity (Wildman–Crippen MR) is 123 cm³/mol. The fourth-order valence-electron chi connectivity index (χ4n) is 4.36. The smallest absolute Gasteiger partial charge is 0.410 e. The molecule has 33 heavy (non-hydrogen) atoms. The molecule has 2 bridgehead atoms. The third-order valence-corrected chi connectivity index (χ3v) is 5.97. The van der Waals surface area contributed by atoms with Gasteiger partial charge in [0.1, 0.15) is 13.2 Å². The normalized spacial score (nSPS) is 28.2. The summed E-state index contributed by atoms with van der Waals surface area (Å²) in [5.74, 6) is -0.527. The second-order valence-corrected chi connectivity index (χ2v) is 9.66. The van der Waals surface area contributed by atoms with Crippen molar-refractivity contribution in [2.45, 2.75) is 58.2 Å². The third kappa shape index (κ3) is 6.77. The first kappa shape index (κ1) is 26.8. The monoisotopic (exact) mass is 466 g/mol. The number of cyclic esters (lactones) is 2. The Hall–Kier alpha value is -2.46. The zero-order valence-corrected chi connectivity index (χ0v) is 20.6. The van der Waals surface area contributed by atoms with E-state index in [9.17, 15) is 19.2 Å². The number of ketones is 2. The molecule has 0 aromatic rings. The van der Waals surface area contributed by atoms with Gasteiger partial charge in [0.15, 0.2) is 11.6 Å². The van der Waals surface area contributed by atoms with Crippen molar-refractivity contribution in [1.82, 2.24) is 20.4 Å². The van der Waals surface area contributed by atoms with Gasteiger partial charge >= 0.3 is 12.2 Å². The van der Waals surface area contributed by atoms with E-state index < -0.39 is 23.3 Å². The molecule has 1 saturated heterocycles. The number of hydrogen-bond acceptors (Lipinski definition) is 8. The summed E-state index contributed by atoms with van der Waals surface area (Å²) in [7, 11) is 1.57. The Morgan fingerprint density at radius 1 is 1.06 bits per heavy atom. The van der Waals surface area contributed by atoms with Crippen LogP contribution in [0.2, 0.25) is 0 Å². The van der Waals surface area contributed by atoms with Crippen LogP contribution in [0, 0.1) is 5.92 Å². The van der Waals surface area contributed by atoms with Gasteiger partial charge in [-0.1, -0.05) is 13.8 Å². The molecule has 186 valence electrons. The first-order valence-electron chi connectivity index (χ1n) is 11.4. The zero-order chi connectivity index (χ0) is 24.8. The van der Waals surface area contributed by atoms with Crippen LogP contribution in [0.25, 0.3) is 0 Å². The molecule has 0 unspecified atom stereocenters. The van der Waals surface area contributed by atoms with E-state index in [1.165, 1.54) is 9.80 Å². The van der Waals surface area contributed by atoms with E-state index in [0.29, 0.717) is 13.0 Å². The van der Waals surface area contributed by atoms with Crippen molar-refractivity contribution < 1.29 is 28.7 Å². The molecule has 10 heteroatoms. The van der Waals surface area contributed by atoms with Crippen LogP contribution < -0.4 is 10.6 Å². The Kier molecular flexibility index (Phi) is 9.02. The van der Waals surface area contributed by atoms with Crippen molar-refractivity contribution in [3.63, 3.8) is 0 Å². The second-order valence-electron chi connectivity index (χ2n) is 9.66. The van der Waals surface area contributed by atoms with Gasteiger partial charge in [0.05, 0.1) is 17.6 Å². The Bertz CT molecular complexity index is 783. The minimum Gasteiger partial charge on any atom is -0.445 e. The molecule has 0 aromatic carbocycles. The number of carbonyl (C=O) groups is 4. The molecule has 2 aliphatic rings. The summed E-state index contributed by atoms with van der Waals surface area (Å²) in [6, 6.07) is -0.0246. The highest BCUT2D eigenvalue weighted by molar-refractivity contribution is 5.94. The highest BCUT2D eigenvalue weighted by Crippen LogP contribution is 2.26. The number of carbonyl (C=O) groups excluding carboxylic acids is 4. The lowest BCUT2D eigenvalue weighted by molar-refractivity contribution is -0.129. The first-order chi connectivity index (χ1) is 15.4. The standard InChI is InChI=1S/C23H38N4O6/c1-16(2)19(29)23-9-10-27(15-23)21(31)33-12-8-7-11-32-20(30)26(6)14-22(5,25-17(3)4)18(28)13-24-23/h7-8,16-17,24-25H,9-15H2,1-6H3/t22-,23-/m1/s1. The molecule has 0 radical (unpaired) electrons. The molecule has 2 atom stereocenters.